The van der Waals surface area contributed by atoms with Gasteiger partial charge in [0.25, 0.3) is 0 Å². The average Bonchev–Trinajstić information content (AvgIpc) is 2.66. The second-order valence-corrected chi connectivity index (χ2v) is 3.96. The van der Waals surface area contributed by atoms with E-state index in [-0.39, 0.29) is 5.54 Å². The van der Waals surface area contributed by atoms with Gasteiger partial charge in [-0.25, -0.2) is 0 Å². The smallest absolute Gasteiger partial charge is 0.226 e. The monoisotopic (exact) mass is 213 g/mol. The molecular weight excluding hydrogens is 194 g/mol. The van der Waals surface area contributed by atoms with E-state index in [0.29, 0.717) is 24.9 Å². The third-order valence-corrected chi connectivity index (χ3v) is 2.28. The number of aromatic nitrogens is 2. The van der Waals surface area contributed by atoms with Crippen LogP contribution in [0.15, 0.2) is 4.52 Å². The van der Waals surface area contributed by atoms with Gasteiger partial charge in [-0.1, -0.05) is 19.0 Å². The molecule has 1 rings (SSSR count). The molecule has 1 aromatic heterocycles. The Hall–Kier alpha value is -0.940. The van der Waals surface area contributed by atoms with E-state index in [1.807, 2.05) is 20.8 Å². The SMILES string of the molecule is CCc1nc(COCC(C)(N)CC)no1. The molecule has 1 aromatic rings. The zero-order valence-electron chi connectivity index (χ0n) is 9.62. The van der Waals surface area contributed by atoms with Gasteiger partial charge in [-0.2, -0.15) is 4.98 Å². The first-order valence-electron chi connectivity index (χ1n) is 5.25. The Kier molecular flexibility index (Phi) is 4.23. The fourth-order valence-electron chi connectivity index (χ4n) is 0.970. The van der Waals surface area contributed by atoms with Crippen LogP contribution in [0.1, 0.15) is 38.9 Å². The van der Waals surface area contributed by atoms with Gasteiger partial charge in [0, 0.05) is 12.0 Å². The van der Waals surface area contributed by atoms with Gasteiger partial charge in [0.2, 0.25) is 5.89 Å². The molecule has 2 N–H and O–H groups in total. The zero-order chi connectivity index (χ0) is 11.3. The highest BCUT2D eigenvalue weighted by molar-refractivity contribution is 4.84. The second kappa shape index (κ2) is 5.23. The quantitative estimate of drug-likeness (QED) is 0.770. The molecule has 0 saturated heterocycles. The van der Waals surface area contributed by atoms with Crippen LogP contribution in [-0.4, -0.2) is 22.3 Å². The molecule has 5 heteroatoms. The van der Waals surface area contributed by atoms with E-state index in [2.05, 4.69) is 10.1 Å². The fraction of sp³-hybridized carbons (Fsp3) is 0.800. The number of rotatable bonds is 6. The molecule has 0 aliphatic carbocycles. The normalized spacial score (nSPS) is 15.2. The van der Waals surface area contributed by atoms with Crippen LogP contribution in [0.4, 0.5) is 0 Å². The van der Waals surface area contributed by atoms with Crippen molar-refractivity contribution in [2.75, 3.05) is 6.61 Å². The van der Waals surface area contributed by atoms with E-state index in [1.165, 1.54) is 0 Å². The van der Waals surface area contributed by atoms with Gasteiger partial charge in [0.1, 0.15) is 6.61 Å². The van der Waals surface area contributed by atoms with Crippen molar-refractivity contribution in [3.05, 3.63) is 11.7 Å². The maximum Gasteiger partial charge on any atom is 0.226 e. The van der Waals surface area contributed by atoms with E-state index in [1.54, 1.807) is 0 Å². The van der Waals surface area contributed by atoms with Gasteiger partial charge in [-0.05, 0) is 13.3 Å². The summed E-state index contributed by atoms with van der Waals surface area (Å²) in [5, 5.41) is 3.78. The van der Waals surface area contributed by atoms with Gasteiger partial charge in [0.05, 0.1) is 6.61 Å². The van der Waals surface area contributed by atoms with Crippen molar-refractivity contribution < 1.29 is 9.26 Å². The Balaban J connectivity index is 2.31. The van der Waals surface area contributed by atoms with Crippen molar-refractivity contribution in [1.82, 2.24) is 10.1 Å². The minimum atomic E-state index is -0.280. The van der Waals surface area contributed by atoms with E-state index in [9.17, 15) is 0 Å². The highest BCUT2D eigenvalue weighted by atomic mass is 16.5. The molecule has 0 aromatic carbocycles. The van der Waals surface area contributed by atoms with Gasteiger partial charge >= 0.3 is 0 Å². The average molecular weight is 213 g/mol. The summed E-state index contributed by atoms with van der Waals surface area (Å²) in [5.41, 5.74) is 5.64. The summed E-state index contributed by atoms with van der Waals surface area (Å²) in [7, 11) is 0. The molecule has 1 heterocycles. The highest BCUT2D eigenvalue weighted by Crippen LogP contribution is 2.06. The molecule has 0 aliphatic heterocycles. The molecule has 0 spiro atoms. The van der Waals surface area contributed by atoms with Crippen molar-refractivity contribution in [3.8, 4) is 0 Å². The van der Waals surface area contributed by atoms with Crippen LogP contribution in [0.25, 0.3) is 0 Å². The van der Waals surface area contributed by atoms with Crippen LogP contribution in [0.5, 0.6) is 0 Å². The summed E-state index contributed by atoms with van der Waals surface area (Å²) in [6.07, 6.45) is 1.62. The summed E-state index contributed by atoms with van der Waals surface area (Å²) in [4.78, 5) is 4.13. The molecular formula is C10H19N3O2. The Morgan fingerprint density at radius 3 is 2.73 bits per heavy atom. The lowest BCUT2D eigenvalue weighted by molar-refractivity contribution is 0.0724. The van der Waals surface area contributed by atoms with Crippen molar-refractivity contribution in [2.24, 2.45) is 5.73 Å². The van der Waals surface area contributed by atoms with Crippen molar-refractivity contribution >= 4 is 0 Å². The standard InChI is InChI=1S/C10H19N3O2/c1-4-9-12-8(13-15-9)6-14-7-10(3,11)5-2/h4-7,11H2,1-3H3. The Morgan fingerprint density at radius 2 is 2.20 bits per heavy atom. The fourth-order valence-corrected chi connectivity index (χ4v) is 0.970. The first-order chi connectivity index (χ1) is 7.07. The Labute approximate surface area is 90.0 Å². The molecule has 0 saturated carbocycles. The Bertz CT molecular complexity index is 297. The van der Waals surface area contributed by atoms with Crippen molar-refractivity contribution in [3.63, 3.8) is 0 Å². The summed E-state index contributed by atoms with van der Waals surface area (Å²) in [6.45, 7) is 6.82. The summed E-state index contributed by atoms with van der Waals surface area (Å²) >= 11 is 0. The predicted octanol–water partition coefficient (Wildman–Crippen LogP) is 1.28. The third-order valence-electron chi connectivity index (χ3n) is 2.28. The number of ether oxygens (including phenoxy) is 1. The lowest BCUT2D eigenvalue weighted by Crippen LogP contribution is -2.40. The molecule has 1 unspecified atom stereocenters. The molecule has 5 nitrogen and oxygen atoms in total. The number of hydrogen-bond acceptors (Lipinski definition) is 5. The van der Waals surface area contributed by atoms with Crippen LogP contribution < -0.4 is 5.73 Å². The van der Waals surface area contributed by atoms with Crippen molar-refractivity contribution in [1.29, 1.82) is 0 Å². The van der Waals surface area contributed by atoms with Gasteiger partial charge in [-0.15, -0.1) is 0 Å². The predicted molar refractivity (Wildman–Crippen MR) is 56.2 cm³/mol. The second-order valence-electron chi connectivity index (χ2n) is 3.96. The highest BCUT2D eigenvalue weighted by Gasteiger charge is 2.16. The lowest BCUT2D eigenvalue weighted by Gasteiger charge is -2.21. The number of nitrogens with two attached hydrogens (primary N) is 1. The molecule has 15 heavy (non-hydrogen) atoms. The lowest BCUT2D eigenvalue weighted by atomic mass is 10.0. The maximum absolute atomic E-state index is 5.92. The first-order valence-corrected chi connectivity index (χ1v) is 5.25. The molecule has 86 valence electrons. The van der Waals surface area contributed by atoms with Gasteiger partial charge in [0.15, 0.2) is 5.82 Å². The van der Waals surface area contributed by atoms with E-state index in [4.69, 9.17) is 15.0 Å². The van der Waals surface area contributed by atoms with E-state index >= 15 is 0 Å². The van der Waals surface area contributed by atoms with E-state index in [0.717, 1.165) is 12.8 Å². The molecule has 0 radical (unpaired) electrons. The number of hydrogen-bond donors (Lipinski definition) is 1. The zero-order valence-corrected chi connectivity index (χ0v) is 9.62. The van der Waals surface area contributed by atoms with Crippen LogP contribution in [0.2, 0.25) is 0 Å². The van der Waals surface area contributed by atoms with Gasteiger partial charge < -0.3 is 15.0 Å². The molecule has 1 atom stereocenters. The van der Waals surface area contributed by atoms with Crippen molar-refractivity contribution in [2.45, 2.75) is 45.8 Å². The van der Waals surface area contributed by atoms with Crippen LogP contribution in [0.3, 0.4) is 0 Å². The minimum absolute atomic E-state index is 0.280. The summed E-state index contributed by atoms with van der Waals surface area (Å²) < 4.78 is 10.4. The first kappa shape index (κ1) is 12.1. The molecule has 0 aliphatic rings. The van der Waals surface area contributed by atoms with Crippen LogP contribution in [0, 0.1) is 0 Å². The third kappa shape index (κ3) is 3.97. The molecule has 0 amide bonds. The molecule has 0 bridgehead atoms. The topological polar surface area (TPSA) is 74.2 Å². The summed E-state index contributed by atoms with van der Waals surface area (Å²) in [6, 6.07) is 0. The largest absolute Gasteiger partial charge is 0.371 e. The summed E-state index contributed by atoms with van der Waals surface area (Å²) in [5.74, 6) is 1.22. The molecule has 0 fully saturated rings. The van der Waals surface area contributed by atoms with E-state index < -0.39 is 0 Å². The van der Waals surface area contributed by atoms with Crippen LogP contribution in [-0.2, 0) is 17.8 Å². The maximum atomic E-state index is 5.92. The van der Waals surface area contributed by atoms with Crippen LogP contribution >= 0.6 is 0 Å². The number of aryl methyl sites for hydroxylation is 1. The minimum Gasteiger partial charge on any atom is -0.371 e. The van der Waals surface area contributed by atoms with Gasteiger partial charge in [-0.3, -0.25) is 0 Å². The number of nitrogens with zero attached hydrogens (tertiary/aromatic N) is 2. The Morgan fingerprint density at radius 1 is 1.47 bits per heavy atom.